The molecule has 1 unspecified atom stereocenters. The van der Waals surface area contributed by atoms with Crippen LogP contribution >= 0.6 is 0 Å². The highest BCUT2D eigenvalue weighted by atomic mass is 32.2. The average molecular weight is 527 g/mol. The van der Waals surface area contributed by atoms with Crippen molar-refractivity contribution in [1.29, 1.82) is 0 Å². The summed E-state index contributed by atoms with van der Waals surface area (Å²) in [6.45, 7) is 7.57. The molecule has 0 amide bonds. The average Bonchev–Trinajstić information content (AvgIpc) is 3.01. The van der Waals surface area contributed by atoms with E-state index < -0.39 is 15.6 Å². The SMILES string of the molecule is CCCCCCCCCCCCCCCC[N+]12CCCCCC1=NCCC2.O=S(=O)([O-])C(F)(F)F. The summed E-state index contributed by atoms with van der Waals surface area (Å²) in [4.78, 5) is 4.96. The van der Waals surface area contributed by atoms with Crippen molar-refractivity contribution in [2.75, 3.05) is 26.2 Å². The molecule has 0 aromatic heterocycles. The molecule has 0 aromatic rings. The van der Waals surface area contributed by atoms with Crippen molar-refractivity contribution < 1.29 is 30.6 Å². The molecule has 0 N–H and O–H groups in total. The molecule has 0 aliphatic carbocycles. The van der Waals surface area contributed by atoms with Crippen LogP contribution in [0, 0.1) is 0 Å². The molecule has 0 bridgehead atoms. The van der Waals surface area contributed by atoms with Gasteiger partial charge in [-0.1, -0.05) is 84.0 Å². The van der Waals surface area contributed by atoms with Crippen LogP contribution in [0.15, 0.2) is 4.99 Å². The molecule has 5 nitrogen and oxygen atoms in total. The molecule has 208 valence electrons. The van der Waals surface area contributed by atoms with Gasteiger partial charge in [-0.25, -0.2) is 13.4 Å². The zero-order valence-electron chi connectivity index (χ0n) is 21.9. The Hall–Kier alpha value is -0.670. The molecule has 2 aliphatic heterocycles. The number of halogens is 3. The third kappa shape index (κ3) is 14.0. The number of unbranched alkanes of at least 4 members (excludes halogenated alkanes) is 13. The van der Waals surface area contributed by atoms with Gasteiger partial charge < -0.3 is 4.55 Å². The third-order valence-corrected chi connectivity index (χ3v) is 7.86. The first-order chi connectivity index (χ1) is 16.6. The minimum atomic E-state index is -6.09. The Kier molecular flexibility index (Phi) is 16.4. The van der Waals surface area contributed by atoms with Gasteiger partial charge in [-0.15, -0.1) is 0 Å². The monoisotopic (exact) mass is 526 g/mol. The molecular formula is C26H49F3N2O3S. The molecular weight excluding hydrogens is 477 g/mol. The number of fused-ring (bicyclic) bond motifs is 1. The van der Waals surface area contributed by atoms with Gasteiger partial charge in [-0.05, 0) is 32.1 Å². The van der Waals surface area contributed by atoms with E-state index in [4.69, 9.17) is 18.0 Å². The summed E-state index contributed by atoms with van der Waals surface area (Å²) < 4.78 is 60.2. The van der Waals surface area contributed by atoms with Crippen LogP contribution < -0.4 is 0 Å². The Labute approximate surface area is 212 Å². The highest BCUT2D eigenvalue weighted by Gasteiger charge is 2.37. The third-order valence-electron chi connectivity index (χ3n) is 7.30. The lowest BCUT2D eigenvalue weighted by molar-refractivity contribution is -0.845. The summed E-state index contributed by atoms with van der Waals surface area (Å²) in [5.41, 5.74) is -5.65. The predicted octanol–water partition coefficient (Wildman–Crippen LogP) is 7.71. The maximum absolute atomic E-state index is 10.7. The molecule has 2 aliphatic rings. The second kappa shape index (κ2) is 17.7. The summed E-state index contributed by atoms with van der Waals surface area (Å²) >= 11 is 0. The minimum absolute atomic E-state index is 1.11. The summed E-state index contributed by atoms with van der Waals surface area (Å²) in [5, 5.41) is 0. The Balaban J connectivity index is 0.000000658. The standard InChI is InChI=1S/C25H49N2.CHF3O3S/c1-2-3-4-5-6-7-8-9-10-11-12-13-14-17-22-27-23-18-15-16-20-25(27)26-21-19-24-27;2-1(3,4)8(5,6)7/h2-24H2,1H3;(H,5,6,7)/q+1;/p-1. The normalized spacial score (nSPS) is 20.9. The molecule has 1 saturated heterocycles. The Morgan fingerprint density at radius 1 is 0.771 bits per heavy atom. The van der Waals surface area contributed by atoms with Crippen molar-refractivity contribution in [1.82, 2.24) is 0 Å². The number of quaternary nitrogens is 1. The van der Waals surface area contributed by atoms with E-state index in [0.717, 1.165) is 6.54 Å². The first-order valence-electron chi connectivity index (χ1n) is 14.0. The minimum Gasteiger partial charge on any atom is -0.741 e. The van der Waals surface area contributed by atoms with Gasteiger partial charge in [-0.3, -0.25) is 4.48 Å². The zero-order chi connectivity index (χ0) is 26.0. The first-order valence-corrected chi connectivity index (χ1v) is 15.5. The molecule has 0 aromatic carbocycles. The van der Waals surface area contributed by atoms with E-state index in [2.05, 4.69) is 6.92 Å². The van der Waals surface area contributed by atoms with E-state index >= 15 is 0 Å². The lowest BCUT2D eigenvalue weighted by atomic mass is 10.0. The van der Waals surface area contributed by atoms with Crippen molar-refractivity contribution in [3.63, 3.8) is 0 Å². The maximum Gasteiger partial charge on any atom is 0.485 e. The van der Waals surface area contributed by atoms with E-state index in [1.54, 1.807) is 5.84 Å². The number of hydrogen-bond donors (Lipinski definition) is 0. The molecule has 35 heavy (non-hydrogen) atoms. The van der Waals surface area contributed by atoms with Gasteiger partial charge >= 0.3 is 5.51 Å². The van der Waals surface area contributed by atoms with E-state index in [-0.39, 0.29) is 0 Å². The van der Waals surface area contributed by atoms with E-state index in [0.29, 0.717) is 0 Å². The highest BCUT2D eigenvalue weighted by molar-refractivity contribution is 7.86. The second-order valence-corrected chi connectivity index (χ2v) is 11.6. The predicted molar refractivity (Wildman–Crippen MR) is 136 cm³/mol. The fraction of sp³-hybridized carbons (Fsp3) is 0.962. The van der Waals surface area contributed by atoms with Crippen LogP contribution in [0.2, 0.25) is 0 Å². The summed E-state index contributed by atoms with van der Waals surface area (Å²) in [7, 11) is -6.09. The van der Waals surface area contributed by atoms with Crippen LogP contribution in [0.1, 0.15) is 129 Å². The lowest BCUT2D eigenvalue weighted by Gasteiger charge is -2.40. The van der Waals surface area contributed by atoms with E-state index in [1.807, 2.05) is 0 Å². The Bertz CT molecular complexity index is 684. The molecule has 1 fully saturated rings. The smallest absolute Gasteiger partial charge is 0.485 e. The molecule has 2 rings (SSSR count). The van der Waals surface area contributed by atoms with Crippen LogP contribution in [0.5, 0.6) is 0 Å². The molecule has 0 saturated carbocycles. The zero-order valence-corrected chi connectivity index (χ0v) is 22.7. The van der Waals surface area contributed by atoms with Gasteiger partial charge in [0.2, 0.25) is 0 Å². The molecule has 1 atom stereocenters. The van der Waals surface area contributed by atoms with E-state index in [1.165, 1.54) is 146 Å². The summed E-state index contributed by atoms with van der Waals surface area (Å²) in [6.07, 6.45) is 27.3. The van der Waals surface area contributed by atoms with Crippen LogP contribution in [-0.2, 0) is 10.1 Å². The summed E-state index contributed by atoms with van der Waals surface area (Å²) in [6, 6.07) is 0. The van der Waals surface area contributed by atoms with Gasteiger partial charge in [0.1, 0.15) is 0 Å². The first kappa shape index (κ1) is 32.4. The van der Waals surface area contributed by atoms with Crippen LogP contribution in [0.4, 0.5) is 13.2 Å². The van der Waals surface area contributed by atoms with Crippen molar-refractivity contribution in [3.05, 3.63) is 0 Å². The topological polar surface area (TPSA) is 69.6 Å². The number of hydrogen-bond acceptors (Lipinski definition) is 4. The number of aliphatic imine (C=N–C) groups is 1. The number of amidine groups is 1. The van der Waals surface area contributed by atoms with Crippen molar-refractivity contribution in [2.45, 2.75) is 134 Å². The number of alkyl halides is 3. The molecule has 2 heterocycles. The molecule has 0 spiro atoms. The quantitative estimate of drug-likeness (QED) is 0.0949. The Morgan fingerprint density at radius 2 is 1.23 bits per heavy atom. The highest BCUT2D eigenvalue weighted by Crippen LogP contribution is 2.26. The van der Waals surface area contributed by atoms with Gasteiger partial charge in [0.25, 0.3) is 0 Å². The largest absolute Gasteiger partial charge is 0.741 e. The Morgan fingerprint density at radius 3 is 1.71 bits per heavy atom. The fourth-order valence-electron chi connectivity index (χ4n) is 5.25. The van der Waals surface area contributed by atoms with Crippen molar-refractivity contribution in [3.8, 4) is 0 Å². The van der Waals surface area contributed by atoms with Gasteiger partial charge in [-0.2, -0.15) is 13.2 Å². The van der Waals surface area contributed by atoms with E-state index in [9.17, 15) is 13.2 Å². The second-order valence-electron chi connectivity index (χ2n) is 10.3. The van der Waals surface area contributed by atoms with Crippen molar-refractivity contribution in [2.24, 2.45) is 4.99 Å². The molecule has 9 heteroatoms. The van der Waals surface area contributed by atoms with Crippen LogP contribution in [0.3, 0.4) is 0 Å². The fourth-order valence-corrected chi connectivity index (χ4v) is 5.25. The molecule has 0 radical (unpaired) electrons. The van der Waals surface area contributed by atoms with Gasteiger partial charge in [0.15, 0.2) is 16.0 Å². The number of rotatable bonds is 15. The number of nitrogens with zero attached hydrogens (tertiary/aromatic N) is 2. The van der Waals surface area contributed by atoms with Gasteiger partial charge in [0, 0.05) is 19.4 Å². The van der Waals surface area contributed by atoms with Gasteiger partial charge in [0.05, 0.1) is 19.6 Å². The summed E-state index contributed by atoms with van der Waals surface area (Å²) in [5.74, 6) is 1.58. The van der Waals surface area contributed by atoms with Crippen LogP contribution in [0.25, 0.3) is 0 Å². The van der Waals surface area contributed by atoms with Crippen molar-refractivity contribution >= 4 is 16.0 Å². The lowest BCUT2D eigenvalue weighted by Crippen LogP contribution is -2.55. The van der Waals surface area contributed by atoms with Crippen LogP contribution in [-0.4, -0.2) is 55.0 Å². The maximum atomic E-state index is 10.7.